The standard InChI is InChI=1S/C12H15ClN4/c1-8(2)15-9-3-4-11(10(13)7-9)17-6-5-12(14)16-17/h3-8,15H,1-2H3,(H2,14,16). The van der Waals surface area contributed by atoms with Gasteiger partial charge in [-0.3, -0.25) is 0 Å². The zero-order valence-corrected chi connectivity index (χ0v) is 10.6. The number of halogens is 1. The van der Waals surface area contributed by atoms with Gasteiger partial charge in [0.15, 0.2) is 0 Å². The van der Waals surface area contributed by atoms with Gasteiger partial charge >= 0.3 is 0 Å². The van der Waals surface area contributed by atoms with Gasteiger partial charge in [-0.1, -0.05) is 11.6 Å². The Balaban J connectivity index is 2.31. The quantitative estimate of drug-likeness (QED) is 0.881. The molecule has 2 rings (SSSR count). The van der Waals surface area contributed by atoms with Gasteiger partial charge in [0.25, 0.3) is 0 Å². The van der Waals surface area contributed by atoms with Crippen LogP contribution in [-0.4, -0.2) is 15.8 Å². The highest BCUT2D eigenvalue weighted by atomic mass is 35.5. The molecule has 0 bridgehead atoms. The Bertz CT molecular complexity index is 519. The first-order chi connectivity index (χ1) is 8.06. The Morgan fingerprint density at radius 2 is 2.12 bits per heavy atom. The highest BCUT2D eigenvalue weighted by Gasteiger charge is 2.05. The maximum Gasteiger partial charge on any atom is 0.145 e. The van der Waals surface area contributed by atoms with Crippen LogP contribution in [-0.2, 0) is 0 Å². The van der Waals surface area contributed by atoms with E-state index in [4.69, 9.17) is 17.3 Å². The number of rotatable bonds is 3. The third kappa shape index (κ3) is 2.71. The number of nitrogen functional groups attached to an aromatic ring is 1. The Morgan fingerprint density at radius 3 is 2.65 bits per heavy atom. The summed E-state index contributed by atoms with van der Waals surface area (Å²) >= 11 is 6.21. The number of hydrogen-bond acceptors (Lipinski definition) is 3. The van der Waals surface area contributed by atoms with Gasteiger partial charge in [0.1, 0.15) is 5.82 Å². The summed E-state index contributed by atoms with van der Waals surface area (Å²) in [6, 6.07) is 7.88. The summed E-state index contributed by atoms with van der Waals surface area (Å²) in [5.74, 6) is 0.477. The van der Waals surface area contributed by atoms with Crippen molar-refractivity contribution >= 4 is 23.1 Å². The minimum absolute atomic E-state index is 0.372. The van der Waals surface area contributed by atoms with E-state index < -0.39 is 0 Å². The molecule has 0 aliphatic heterocycles. The fourth-order valence-electron chi connectivity index (χ4n) is 1.59. The van der Waals surface area contributed by atoms with Crippen LogP contribution < -0.4 is 11.1 Å². The van der Waals surface area contributed by atoms with Crippen LogP contribution in [0, 0.1) is 0 Å². The largest absolute Gasteiger partial charge is 0.383 e. The van der Waals surface area contributed by atoms with Crippen molar-refractivity contribution in [1.29, 1.82) is 0 Å². The fraction of sp³-hybridized carbons (Fsp3) is 0.250. The Labute approximate surface area is 105 Å². The molecule has 17 heavy (non-hydrogen) atoms. The van der Waals surface area contributed by atoms with Crippen molar-refractivity contribution in [2.45, 2.75) is 19.9 Å². The van der Waals surface area contributed by atoms with E-state index in [0.29, 0.717) is 16.9 Å². The van der Waals surface area contributed by atoms with Crippen LogP contribution in [0.3, 0.4) is 0 Å². The molecule has 0 aliphatic rings. The molecule has 0 saturated carbocycles. The molecule has 1 heterocycles. The van der Waals surface area contributed by atoms with Gasteiger partial charge < -0.3 is 11.1 Å². The second-order valence-electron chi connectivity index (χ2n) is 4.15. The number of nitrogens with two attached hydrogens (primary N) is 1. The van der Waals surface area contributed by atoms with Crippen LogP contribution in [0.5, 0.6) is 0 Å². The molecule has 90 valence electrons. The van der Waals surface area contributed by atoms with E-state index in [-0.39, 0.29) is 0 Å². The van der Waals surface area contributed by atoms with Crippen molar-refractivity contribution in [3.8, 4) is 5.69 Å². The fourth-order valence-corrected chi connectivity index (χ4v) is 1.86. The zero-order valence-electron chi connectivity index (χ0n) is 9.81. The van der Waals surface area contributed by atoms with Crippen LogP contribution in [0.2, 0.25) is 5.02 Å². The molecule has 0 aliphatic carbocycles. The first-order valence-corrected chi connectivity index (χ1v) is 5.81. The molecule has 1 aromatic heterocycles. The maximum absolute atomic E-state index is 6.21. The van der Waals surface area contributed by atoms with E-state index in [1.165, 1.54) is 0 Å². The van der Waals surface area contributed by atoms with Gasteiger partial charge in [0.05, 0.1) is 10.7 Å². The molecule has 0 fully saturated rings. The summed E-state index contributed by atoms with van der Waals surface area (Å²) < 4.78 is 1.66. The Morgan fingerprint density at radius 1 is 1.35 bits per heavy atom. The van der Waals surface area contributed by atoms with Crippen LogP contribution in [0.1, 0.15) is 13.8 Å². The lowest BCUT2D eigenvalue weighted by molar-refractivity contribution is 0.882. The molecule has 0 unspecified atom stereocenters. The molecule has 0 saturated heterocycles. The number of nitrogens with zero attached hydrogens (tertiary/aromatic N) is 2. The maximum atomic E-state index is 6.21. The molecular weight excluding hydrogens is 236 g/mol. The molecule has 0 amide bonds. The number of benzene rings is 1. The molecule has 0 spiro atoms. The summed E-state index contributed by atoms with van der Waals surface area (Å²) in [5, 5.41) is 8.05. The van der Waals surface area contributed by atoms with E-state index in [1.54, 1.807) is 16.9 Å². The highest BCUT2D eigenvalue weighted by molar-refractivity contribution is 6.32. The van der Waals surface area contributed by atoms with E-state index in [1.807, 2.05) is 18.2 Å². The number of nitrogens with one attached hydrogen (secondary N) is 1. The Kier molecular flexibility index (Phi) is 3.24. The van der Waals surface area contributed by atoms with Crippen LogP contribution >= 0.6 is 11.6 Å². The van der Waals surface area contributed by atoms with Gasteiger partial charge in [0, 0.05) is 24.0 Å². The second-order valence-corrected chi connectivity index (χ2v) is 4.56. The van der Waals surface area contributed by atoms with Crippen molar-refractivity contribution < 1.29 is 0 Å². The topological polar surface area (TPSA) is 55.9 Å². The molecule has 1 aromatic carbocycles. The molecular formula is C12H15ClN4. The first-order valence-electron chi connectivity index (χ1n) is 5.44. The smallest absolute Gasteiger partial charge is 0.145 e. The van der Waals surface area contributed by atoms with Crippen molar-refractivity contribution in [3.63, 3.8) is 0 Å². The predicted molar refractivity (Wildman–Crippen MR) is 71.7 cm³/mol. The summed E-state index contributed by atoms with van der Waals surface area (Å²) in [6.45, 7) is 4.16. The van der Waals surface area contributed by atoms with Gasteiger partial charge in [-0.05, 0) is 32.0 Å². The first kappa shape index (κ1) is 11.8. The zero-order chi connectivity index (χ0) is 12.4. The van der Waals surface area contributed by atoms with Crippen molar-refractivity contribution in [2.24, 2.45) is 0 Å². The predicted octanol–water partition coefficient (Wildman–Crippen LogP) is 2.93. The minimum Gasteiger partial charge on any atom is -0.383 e. The van der Waals surface area contributed by atoms with Crippen LogP contribution in [0.4, 0.5) is 11.5 Å². The molecule has 0 radical (unpaired) electrons. The molecule has 0 atom stereocenters. The number of anilines is 2. The monoisotopic (exact) mass is 250 g/mol. The second kappa shape index (κ2) is 4.67. The van der Waals surface area contributed by atoms with Gasteiger partial charge in [-0.2, -0.15) is 5.10 Å². The SMILES string of the molecule is CC(C)Nc1ccc(-n2ccc(N)n2)c(Cl)c1. The normalized spacial score (nSPS) is 10.8. The van der Waals surface area contributed by atoms with E-state index in [9.17, 15) is 0 Å². The number of aromatic nitrogens is 2. The summed E-state index contributed by atoms with van der Waals surface area (Å²) in [5.41, 5.74) is 7.39. The van der Waals surface area contributed by atoms with Crippen LogP contribution in [0.25, 0.3) is 5.69 Å². The molecule has 4 nitrogen and oxygen atoms in total. The summed E-state index contributed by atoms with van der Waals surface area (Å²) in [6.07, 6.45) is 1.78. The van der Waals surface area contributed by atoms with Crippen molar-refractivity contribution in [1.82, 2.24) is 9.78 Å². The van der Waals surface area contributed by atoms with Gasteiger partial charge in [-0.15, -0.1) is 0 Å². The average Bonchev–Trinajstić information content (AvgIpc) is 2.64. The lowest BCUT2D eigenvalue weighted by atomic mass is 10.2. The van der Waals surface area contributed by atoms with Crippen molar-refractivity contribution in [2.75, 3.05) is 11.1 Å². The van der Waals surface area contributed by atoms with Gasteiger partial charge in [0.2, 0.25) is 0 Å². The molecule has 3 N–H and O–H groups in total. The lowest BCUT2D eigenvalue weighted by Crippen LogP contribution is -2.09. The average molecular weight is 251 g/mol. The lowest BCUT2D eigenvalue weighted by Gasteiger charge is -2.12. The summed E-state index contributed by atoms with van der Waals surface area (Å²) in [7, 11) is 0. The molecule has 5 heteroatoms. The minimum atomic E-state index is 0.372. The van der Waals surface area contributed by atoms with Crippen molar-refractivity contribution in [3.05, 3.63) is 35.5 Å². The van der Waals surface area contributed by atoms with E-state index in [0.717, 1.165) is 11.4 Å². The van der Waals surface area contributed by atoms with E-state index >= 15 is 0 Å². The Hall–Kier alpha value is -1.68. The third-order valence-electron chi connectivity index (χ3n) is 2.26. The highest BCUT2D eigenvalue weighted by Crippen LogP contribution is 2.24. The third-order valence-corrected chi connectivity index (χ3v) is 2.56. The van der Waals surface area contributed by atoms with E-state index in [2.05, 4.69) is 24.3 Å². The van der Waals surface area contributed by atoms with Gasteiger partial charge in [-0.25, -0.2) is 4.68 Å². The van der Waals surface area contributed by atoms with Crippen LogP contribution in [0.15, 0.2) is 30.5 Å². The number of hydrogen-bond donors (Lipinski definition) is 2. The summed E-state index contributed by atoms with van der Waals surface area (Å²) in [4.78, 5) is 0. The molecule has 2 aromatic rings.